The summed E-state index contributed by atoms with van der Waals surface area (Å²) in [7, 11) is 0. The van der Waals surface area contributed by atoms with Crippen LogP contribution in [0.15, 0.2) is 33.7 Å². The van der Waals surface area contributed by atoms with E-state index in [1.807, 2.05) is 11.8 Å². The fourth-order valence-electron chi connectivity index (χ4n) is 2.94. The molecule has 4 nitrogen and oxygen atoms in total. The maximum Gasteiger partial charge on any atom is 0.240 e. The van der Waals surface area contributed by atoms with Crippen LogP contribution in [0.25, 0.3) is 0 Å². The first-order chi connectivity index (χ1) is 9.90. The Hall–Kier alpha value is -1.33. The van der Waals surface area contributed by atoms with Gasteiger partial charge in [-0.3, -0.25) is 0 Å². The highest BCUT2D eigenvalue weighted by atomic mass is 32.2. The molecule has 1 unspecified atom stereocenters. The minimum atomic E-state index is 0.287. The topological polar surface area (TPSA) is 51.0 Å². The lowest BCUT2D eigenvalue weighted by atomic mass is 9.98. The van der Waals surface area contributed by atoms with E-state index < -0.39 is 0 Å². The van der Waals surface area contributed by atoms with E-state index in [4.69, 9.17) is 4.52 Å². The normalized spacial score (nSPS) is 22.9. The molecule has 4 rings (SSSR count). The van der Waals surface area contributed by atoms with Gasteiger partial charge in [0.25, 0.3) is 0 Å². The molecule has 1 aromatic heterocycles. The van der Waals surface area contributed by atoms with Crippen molar-refractivity contribution < 1.29 is 4.52 Å². The fourth-order valence-corrected chi connectivity index (χ4v) is 4.17. The van der Waals surface area contributed by atoms with Crippen molar-refractivity contribution in [3.05, 3.63) is 41.5 Å². The van der Waals surface area contributed by atoms with Crippen molar-refractivity contribution in [3.8, 4) is 0 Å². The van der Waals surface area contributed by atoms with E-state index in [0.29, 0.717) is 5.92 Å². The second-order valence-electron chi connectivity index (χ2n) is 5.43. The molecule has 2 aliphatic heterocycles. The number of rotatable bonds is 2. The number of hydrogen-bond donors (Lipinski definition) is 1. The van der Waals surface area contributed by atoms with Gasteiger partial charge in [0, 0.05) is 10.8 Å². The number of aromatic nitrogens is 2. The first-order valence-corrected chi connectivity index (χ1v) is 8.07. The molecule has 1 N–H and O–H groups in total. The lowest BCUT2D eigenvalue weighted by Gasteiger charge is -2.19. The maximum atomic E-state index is 5.53. The van der Waals surface area contributed by atoms with Crippen LogP contribution >= 0.6 is 11.8 Å². The van der Waals surface area contributed by atoms with Gasteiger partial charge in [0.15, 0.2) is 5.82 Å². The molecule has 2 aliphatic rings. The number of nitrogens with zero attached hydrogens (tertiary/aromatic N) is 2. The third kappa shape index (κ3) is 2.25. The molecule has 104 valence electrons. The molecule has 20 heavy (non-hydrogen) atoms. The van der Waals surface area contributed by atoms with Crippen LogP contribution < -0.4 is 5.32 Å². The lowest BCUT2D eigenvalue weighted by Crippen LogP contribution is -2.27. The lowest BCUT2D eigenvalue weighted by molar-refractivity contribution is 0.359. The van der Waals surface area contributed by atoms with Crippen molar-refractivity contribution in [3.63, 3.8) is 0 Å². The van der Waals surface area contributed by atoms with Gasteiger partial charge in [0.05, 0.1) is 5.25 Å². The van der Waals surface area contributed by atoms with Gasteiger partial charge < -0.3 is 9.84 Å². The van der Waals surface area contributed by atoms with Crippen LogP contribution in [0.4, 0.5) is 0 Å². The molecule has 0 bridgehead atoms. The molecular weight excluding hydrogens is 270 g/mol. The van der Waals surface area contributed by atoms with Gasteiger partial charge in [-0.05, 0) is 44.0 Å². The molecule has 0 radical (unpaired) electrons. The largest absolute Gasteiger partial charge is 0.338 e. The summed E-state index contributed by atoms with van der Waals surface area (Å²) >= 11 is 1.84. The number of hydrogen-bond acceptors (Lipinski definition) is 5. The zero-order valence-corrected chi connectivity index (χ0v) is 12.0. The highest BCUT2D eigenvalue weighted by Crippen LogP contribution is 2.45. The van der Waals surface area contributed by atoms with Gasteiger partial charge in [-0.25, -0.2) is 0 Å². The summed E-state index contributed by atoms with van der Waals surface area (Å²) < 4.78 is 5.53. The quantitative estimate of drug-likeness (QED) is 0.920. The van der Waals surface area contributed by atoms with E-state index in [2.05, 4.69) is 39.7 Å². The van der Waals surface area contributed by atoms with E-state index >= 15 is 0 Å². The number of benzene rings is 1. The molecule has 0 amide bonds. The molecule has 1 aromatic carbocycles. The Morgan fingerprint density at radius 3 is 2.90 bits per heavy atom. The molecule has 0 saturated carbocycles. The summed E-state index contributed by atoms with van der Waals surface area (Å²) in [5, 5.41) is 7.88. The summed E-state index contributed by atoms with van der Waals surface area (Å²) in [5.41, 5.74) is 1.39. The third-order valence-corrected chi connectivity index (χ3v) is 5.39. The van der Waals surface area contributed by atoms with Gasteiger partial charge >= 0.3 is 0 Å². The van der Waals surface area contributed by atoms with Crippen molar-refractivity contribution in [2.24, 2.45) is 0 Å². The van der Waals surface area contributed by atoms with Crippen LogP contribution in [-0.4, -0.2) is 23.2 Å². The number of piperidine rings is 1. The minimum Gasteiger partial charge on any atom is -0.338 e. The molecule has 3 heterocycles. The van der Waals surface area contributed by atoms with Crippen LogP contribution in [0, 0.1) is 0 Å². The highest BCUT2D eigenvalue weighted by molar-refractivity contribution is 7.99. The van der Waals surface area contributed by atoms with E-state index in [1.54, 1.807) is 0 Å². The molecular formula is C15H17N3OS. The smallest absolute Gasteiger partial charge is 0.240 e. The van der Waals surface area contributed by atoms with Crippen LogP contribution in [0.2, 0.25) is 0 Å². The van der Waals surface area contributed by atoms with Crippen LogP contribution in [-0.2, 0) is 6.42 Å². The van der Waals surface area contributed by atoms with Gasteiger partial charge in [-0.1, -0.05) is 23.4 Å². The first-order valence-electron chi connectivity index (χ1n) is 7.19. The number of fused-ring (bicyclic) bond motifs is 1. The molecule has 2 aromatic rings. The van der Waals surface area contributed by atoms with Gasteiger partial charge in [0.2, 0.25) is 5.89 Å². The average Bonchev–Trinajstić information content (AvgIpc) is 3.14. The maximum absolute atomic E-state index is 5.53. The van der Waals surface area contributed by atoms with Crippen molar-refractivity contribution in [2.75, 3.05) is 13.1 Å². The Labute approximate surface area is 122 Å². The van der Waals surface area contributed by atoms with Crippen molar-refractivity contribution >= 4 is 11.8 Å². The molecule has 5 heteroatoms. The first kappa shape index (κ1) is 12.4. The second kappa shape index (κ2) is 5.22. The van der Waals surface area contributed by atoms with Crippen molar-refractivity contribution in [1.29, 1.82) is 0 Å². The number of nitrogens with one attached hydrogen (secondary N) is 1. The Kier molecular flexibility index (Phi) is 3.24. The Balaban J connectivity index is 1.52. The standard InChI is InChI=1S/C15H17N3OS/c1-2-4-12-11(3-1)9-13(20-12)15-17-14(18-19-15)10-5-7-16-8-6-10/h1-4,10,13,16H,5-9H2. The predicted octanol–water partition coefficient (Wildman–Crippen LogP) is 2.93. The van der Waals surface area contributed by atoms with E-state index in [-0.39, 0.29) is 5.25 Å². The molecule has 0 aliphatic carbocycles. The summed E-state index contributed by atoms with van der Waals surface area (Å²) in [4.78, 5) is 6.02. The predicted molar refractivity (Wildman–Crippen MR) is 77.9 cm³/mol. The minimum absolute atomic E-state index is 0.287. The zero-order valence-electron chi connectivity index (χ0n) is 11.2. The summed E-state index contributed by atoms with van der Waals surface area (Å²) in [6, 6.07) is 8.54. The fraction of sp³-hybridized carbons (Fsp3) is 0.467. The van der Waals surface area contributed by atoms with E-state index in [0.717, 1.165) is 44.1 Å². The van der Waals surface area contributed by atoms with Crippen LogP contribution in [0.3, 0.4) is 0 Å². The Morgan fingerprint density at radius 2 is 2.05 bits per heavy atom. The van der Waals surface area contributed by atoms with Crippen molar-refractivity contribution in [2.45, 2.75) is 35.3 Å². The van der Waals surface area contributed by atoms with E-state index in [1.165, 1.54) is 10.5 Å². The summed E-state index contributed by atoms with van der Waals surface area (Å²) in [6.45, 7) is 2.11. The summed E-state index contributed by atoms with van der Waals surface area (Å²) in [5.74, 6) is 2.15. The summed E-state index contributed by atoms with van der Waals surface area (Å²) in [6.07, 6.45) is 3.21. The van der Waals surface area contributed by atoms with Gasteiger partial charge in [-0.2, -0.15) is 4.98 Å². The highest BCUT2D eigenvalue weighted by Gasteiger charge is 2.29. The second-order valence-corrected chi connectivity index (χ2v) is 6.68. The zero-order chi connectivity index (χ0) is 13.4. The Morgan fingerprint density at radius 1 is 1.20 bits per heavy atom. The van der Waals surface area contributed by atoms with Crippen molar-refractivity contribution in [1.82, 2.24) is 15.5 Å². The number of thioether (sulfide) groups is 1. The molecule has 0 spiro atoms. The van der Waals surface area contributed by atoms with Gasteiger partial charge in [0.1, 0.15) is 0 Å². The third-order valence-electron chi connectivity index (χ3n) is 4.08. The average molecular weight is 287 g/mol. The SMILES string of the molecule is c1ccc2c(c1)CC(c1nc(C3CCNCC3)no1)S2. The van der Waals surface area contributed by atoms with Crippen LogP contribution in [0.5, 0.6) is 0 Å². The van der Waals surface area contributed by atoms with Crippen LogP contribution in [0.1, 0.15) is 41.3 Å². The Bertz CT molecular complexity index is 582. The molecule has 1 saturated heterocycles. The molecule has 1 fully saturated rings. The molecule has 1 atom stereocenters. The monoisotopic (exact) mass is 287 g/mol. The van der Waals surface area contributed by atoms with Gasteiger partial charge in [-0.15, -0.1) is 11.8 Å². The van der Waals surface area contributed by atoms with E-state index in [9.17, 15) is 0 Å².